The fraction of sp³-hybridized carbons (Fsp3) is 0.500. The molecular weight excluding hydrogens is 267 g/mol. The Labute approximate surface area is 117 Å². The van der Waals surface area contributed by atoms with E-state index < -0.39 is 12.7 Å². The molecule has 20 heavy (non-hydrogen) atoms. The minimum Gasteiger partial charge on any atom is -0.384 e. The molecule has 0 saturated carbocycles. The Morgan fingerprint density at radius 3 is 2.45 bits per heavy atom. The van der Waals surface area contributed by atoms with Crippen LogP contribution >= 0.6 is 0 Å². The maximum atomic E-state index is 12.5. The molecule has 0 amide bonds. The predicted molar refractivity (Wildman–Crippen MR) is 73.8 cm³/mol. The van der Waals surface area contributed by atoms with Crippen LogP contribution in [0.1, 0.15) is 30.0 Å². The molecule has 0 bridgehead atoms. The van der Waals surface area contributed by atoms with Crippen molar-refractivity contribution < 1.29 is 13.2 Å². The number of benzene rings is 1. The Kier molecular flexibility index (Phi) is 5.56. The van der Waals surface area contributed by atoms with Gasteiger partial charge < -0.3 is 5.73 Å². The van der Waals surface area contributed by atoms with Crippen molar-refractivity contribution in [3.8, 4) is 0 Å². The van der Waals surface area contributed by atoms with Gasteiger partial charge in [-0.25, -0.2) is 0 Å². The summed E-state index contributed by atoms with van der Waals surface area (Å²) in [6, 6.07) is 5.14. The van der Waals surface area contributed by atoms with E-state index in [0.29, 0.717) is 18.5 Å². The lowest BCUT2D eigenvalue weighted by Gasteiger charge is -2.24. The van der Waals surface area contributed by atoms with Crippen LogP contribution in [0.2, 0.25) is 0 Å². The number of hydrogen-bond acceptors (Lipinski definition) is 2. The van der Waals surface area contributed by atoms with E-state index in [1.54, 1.807) is 18.2 Å². The van der Waals surface area contributed by atoms with Crippen molar-refractivity contribution in [2.75, 3.05) is 13.1 Å². The molecule has 6 heteroatoms. The summed E-state index contributed by atoms with van der Waals surface area (Å²) in [6.07, 6.45) is -3.52. The molecule has 0 aromatic heterocycles. The quantitative estimate of drug-likeness (QED) is 0.624. The first-order chi connectivity index (χ1) is 9.23. The Bertz CT molecular complexity index is 469. The summed E-state index contributed by atoms with van der Waals surface area (Å²) in [6.45, 7) is 3.41. The third-order valence-corrected chi connectivity index (χ3v) is 2.99. The lowest BCUT2D eigenvalue weighted by molar-refractivity contribution is -0.147. The Morgan fingerprint density at radius 2 is 2.00 bits per heavy atom. The molecule has 0 atom stereocenters. The van der Waals surface area contributed by atoms with Gasteiger partial charge in [0.1, 0.15) is 5.84 Å². The Balaban J connectivity index is 2.85. The number of halogens is 3. The Hall–Kier alpha value is -1.56. The second-order valence-corrected chi connectivity index (χ2v) is 4.88. The number of rotatable bonds is 6. The molecule has 3 nitrogen and oxygen atoms in total. The average molecular weight is 287 g/mol. The highest BCUT2D eigenvalue weighted by Gasteiger charge is 2.30. The van der Waals surface area contributed by atoms with Crippen molar-refractivity contribution in [1.82, 2.24) is 4.90 Å². The first-order valence-electron chi connectivity index (χ1n) is 6.46. The van der Waals surface area contributed by atoms with E-state index in [0.717, 1.165) is 11.1 Å². The standard InChI is InChI=1S/C14H20F3N3/c1-3-6-20(9-14(15,16)17)8-12-5-4-11(13(18)19)7-10(12)2/h4-5,7H,3,6,8-9H2,1-2H3,(H3,18,19). The molecule has 0 spiro atoms. The number of nitrogens with zero attached hydrogens (tertiary/aromatic N) is 1. The number of hydrogen-bond donors (Lipinski definition) is 2. The van der Waals surface area contributed by atoms with Gasteiger partial charge in [0.15, 0.2) is 0 Å². The van der Waals surface area contributed by atoms with Gasteiger partial charge >= 0.3 is 6.18 Å². The average Bonchev–Trinajstić information content (AvgIpc) is 2.29. The highest BCUT2D eigenvalue weighted by molar-refractivity contribution is 5.95. The molecule has 0 aliphatic heterocycles. The fourth-order valence-corrected chi connectivity index (χ4v) is 2.07. The van der Waals surface area contributed by atoms with Crippen LogP contribution in [-0.4, -0.2) is 30.0 Å². The fourth-order valence-electron chi connectivity index (χ4n) is 2.07. The third kappa shape index (κ3) is 5.21. The van der Waals surface area contributed by atoms with Crippen LogP contribution in [0.3, 0.4) is 0 Å². The lowest BCUT2D eigenvalue weighted by Crippen LogP contribution is -2.34. The van der Waals surface area contributed by atoms with Crippen molar-refractivity contribution in [3.63, 3.8) is 0 Å². The van der Waals surface area contributed by atoms with E-state index >= 15 is 0 Å². The molecule has 3 N–H and O–H groups in total. The first kappa shape index (κ1) is 16.5. The molecule has 0 heterocycles. The topological polar surface area (TPSA) is 53.1 Å². The normalized spacial score (nSPS) is 11.9. The van der Waals surface area contributed by atoms with Gasteiger partial charge in [0.25, 0.3) is 0 Å². The molecule has 0 fully saturated rings. The zero-order valence-electron chi connectivity index (χ0n) is 11.7. The summed E-state index contributed by atoms with van der Waals surface area (Å²) >= 11 is 0. The van der Waals surface area contributed by atoms with Gasteiger partial charge in [0.05, 0.1) is 6.54 Å². The summed E-state index contributed by atoms with van der Waals surface area (Å²) in [5.74, 6) is -0.0413. The van der Waals surface area contributed by atoms with Crippen molar-refractivity contribution in [2.24, 2.45) is 5.73 Å². The zero-order chi connectivity index (χ0) is 15.3. The molecule has 112 valence electrons. The molecule has 0 aliphatic carbocycles. The van der Waals surface area contributed by atoms with Crippen LogP contribution in [0.25, 0.3) is 0 Å². The van der Waals surface area contributed by atoms with Crippen LogP contribution in [0.15, 0.2) is 18.2 Å². The molecule has 1 aromatic rings. The number of amidine groups is 1. The van der Waals surface area contributed by atoms with Crippen LogP contribution in [-0.2, 0) is 6.54 Å². The van der Waals surface area contributed by atoms with E-state index in [9.17, 15) is 13.2 Å². The van der Waals surface area contributed by atoms with Crippen LogP contribution in [0, 0.1) is 12.3 Å². The lowest BCUT2D eigenvalue weighted by atomic mass is 10.0. The molecule has 0 saturated heterocycles. The van der Waals surface area contributed by atoms with Crippen LogP contribution in [0.5, 0.6) is 0 Å². The molecule has 0 radical (unpaired) electrons. The van der Waals surface area contributed by atoms with Gasteiger partial charge in [-0.05, 0) is 37.1 Å². The zero-order valence-corrected chi connectivity index (χ0v) is 11.7. The molecule has 0 unspecified atom stereocenters. The van der Waals surface area contributed by atoms with Gasteiger partial charge in [-0.15, -0.1) is 0 Å². The Morgan fingerprint density at radius 1 is 1.35 bits per heavy atom. The van der Waals surface area contributed by atoms with E-state index in [-0.39, 0.29) is 12.4 Å². The van der Waals surface area contributed by atoms with Gasteiger partial charge in [-0.1, -0.05) is 19.1 Å². The largest absolute Gasteiger partial charge is 0.401 e. The predicted octanol–water partition coefficient (Wildman–Crippen LogP) is 3.05. The van der Waals surface area contributed by atoms with Crippen molar-refractivity contribution in [2.45, 2.75) is 33.0 Å². The third-order valence-electron chi connectivity index (χ3n) is 2.99. The SMILES string of the molecule is CCCN(Cc1ccc(C(=N)N)cc1C)CC(F)(F)F. The van der Waals surface area contributed by atoms with E-state index in [4.69, 9.17) is 11.1 Å². The number of nitrogen functional groups attached to an aromatic ring is 1. The first-order valence-corrected chi connectivity index (χ1v) is 6.46. The summed E-state index contributed by atoms with van der Waals surface area (Å²) in [4.78, 5) is 1.38. The summed E-state index contributed by atoms with van der Waals surface area (Å²) < 4.78 is 37.5. The monoisotopic (exact) mass is 287 g/mol. The number of alkyl halides is 3. The van der Waals surface area contributed by atoms with E-state index in [1.807, 2.05) is 13.8 Å². The number of aryl methyl sites for hydroxylation is 1. The van der Waals surface area contributed by atoms with Crippen molar-refractivity contribution in [3.05, 3.63) is 34.9 Å². The molecule has 1 rings (SSSR count). The minimum atomic E-state index is -4.19. The van der Waals surface area contributed by atoms with Gasteiger partial charge in [0, 0.05) is 12.1 Å². The molecule has 1 aromatic carbocycles. The van der Waals surface area contributed by atoms with Gasteiger partial charge in [-0.2, -0.15) is 13.2 Å². The van der Waals surface area contributed by atoms with Crippen LogP contribution in [0.4, 0.5) is 13.2 Å². The second-order valence-electron chi connectivity index (χ2n) is 4.88. The second kappa shape index (κ2) is 6.74. The van der Waals surface area contributed by atoms with E-state index in [2.05, 4.69) is 0 Å². The number of nitrogens with two attached hydrogens (primary N) is 1. The summed E-state index contributed by atoms with van der Waals surface area (Å²) in [7, 11) is 0. The number of nitrogens with one attached hydrogen (secondary N) is 1. The highest BCUT2D eigenvalue weighted by Crippen LogP contribution is 2.20. The molecular formula is C14H20F3N3. The van der Waals surface area contributed by atoms with E-state index in [1.165, 1.54) is 4.90 Å². The highest BCUT2D eigenvalue weighted by atomic mass is 19.4. The summed E-state index contributed by atoms with van der Waals surface area (Å²) in [5, 5.41) is 7.35. The maximum absolute atomic E-state index is 12.5. The maximum Gasteiger partial charge on any atom is 0.401 e. The van der Waals surface area contributed by atoms with Crippen LogP contribution < -0.4 is 5.73 Å². The van der Waals surface area contributed by atoms with Crippen molar-refractivity contribution >= 4 is 5.84 Å². The van der Waals surface area contributed by atoms with Crippen molar-refractivity contribution in [1.29, 1.82) is 5.41 Å². The minimum absolute atomic E-state index is 0.0413. The van der Waals surface area contributed by atoms with Gasteiger partial charge in [0.2, 0.25) is 0 Å². The molecule has 0 aliphatic rings. The summed E-state index contributed by atoms with van der Waals surface area (Å²) in [5.41, 5.74) is 7.65. The van der Waals surface area contributed by atoms with Gasteiger partial charge in [-0.3, -0.25) is 10.3 Å². The smallest absolute Gasteiger partial charge is 0.384 e.